The van der Waals surface area contributed by atoms with Gasteiger partial charge in [0.25, 0.3) is 5.91 Å². The predicted octanol–water partition coefficient (Wildman–Crippen LogP) is 1.93. The standard InChI is InChI=1S/C10H12N2OS/c1-2-5-12(8-3-4-8)10(13)9-6-14-7-11-9/h2,6-8H,1,3-5H2. The third-order valence-electron chi connectivity index (χ3n) is 2.23. The van der Waals surface area contributed by atoms with E-state index in [0.717, 1.165) is 12.8 Å². The zero-order chi connectivity index (χ0) is 9.97. The lowest BCUT2D eigenvalue weighted by Gasteiger charge is -2.19. The first-order chi connectivity index (χ1) is 6.83. The monoisotopic (exact) mass is 208 g/mol. The highest BCUT2D eigenvalue weighted by molar-refractivity contribution is 7.07. The van der Waals surface area contributed by atoms with Crippen LogP contribution in [0.15, 0.2) is 23.5 Å². The van der Waals surface area contributed by atoms with Gasteiger partial charge in [0.2, 0.25) is 0 Å². The first kappa shape index (κ1) is 9.40. The molecule has 0 aliphatic heterocycles. The minimum absolute atomic E-state index is 0.0358. The second kappa shape index (κ2) is 3.92. The molecule has 74 valence electrons. The van der Waals surface area contributed by atoms with Crippen LogP contribution in [0, 0.1) is 0 Å². The van der Waals surface area contributed by atoms with Gasteiger partial charge in [-0.15, -0.1) is 17.9 Å². The van der Waals surface area contributed by atoms with Crippen LogP contribution in [0.25, 0.3) is 0 Å². The molecule has 0 unspecified atom stereocenters. The maximum Gasteiger partial charge on any atom is 0.273 e. The van der Waals surface area contributed by atoms with Crippen LogP contribution in [-0.2, 0) is 0 Å². The fourth-order valence-electron chi connectivity index (χ4n) is 1.39. The summed E-state index contributed by atoms with van der Waals surface area (Å²) in [6.45, 7) is 4.29. The molecule has 4 heteroatoms. The van der Waals surface area contributed by atoms with E-state index in [4.69, 9.17) is 0 Å². The summed E-state index contributed by atoms with van der Waals surface area (Å²) in [6, 6.07) is 0.419. The molecule has 1 aromatic heterocycles. The van der Waals surface area contributed by atoms with E-state index in [1.807, 2.05) is 4.90 Å². The molecule has 1 aliphatic carbocycles. The summed E-state index contributed by atoms with van der Waals surface area (Å²) in [5.74, 6) is 0.0358. The Morgan fingerprint density at radius 3 is 3.07 bits per heavy atom. The zero-order valence-corrected chi connectivity index (χ0v) is 8.67. The van der Waals surface area contributed by atoms with E-state index >= 15 is 0 Å². The molecule has 14 heavy (non-hydrogen) atoms. The molecule has 1 amide bonds. The highest BCUT2D eigenvalue weighted by atomic mass is 32.1. The molecule has 0 bridgehead atoms. The Bertz CT molecular complexity index is 330. The Morgan fingerprint density at radius 1 is 1.79 bits per heavy atom. The van der Waals surface area contributed by atoms with Gasteiger partial charge < -0.3 is 4.90 Å². The molecule has 1 aromatic rings. The van der Waals surface area contributed by atoms with Gasteiger partial charge in [0, 0.05) is 18.0 Å². The van der Waals surface area contributed by atoms with Gasteiger partial charge in [0.1, 0.15) is 5.69 Å². The van der Waals surface area contributed by atoms with E-state index in [-0.39, 0.29) is 5.91 Å². The van der Waals surface area contributed by atoms with Crippen molar-refractivity contribution in [3.05, 3.63) is 29.2 Å². The van der Waals surface area contributed by atoms with E-state index in [0.29, 0.717) is 18.3 Å². The van der Waals surface area contributed by atoms with Gasteiger partial charge >= 0.3 is 0 Å². The van der Waals surface area contributed by atoms with Crippen LogP contribution in [0.1, 0.15) is 23.3 Å². The quantitative estimate of drug-likeness (QED) is 0.708. The molecule has 1 heterocycles. The van der Waals surface area contributed by atoms with Crippen LogP contribution < -0.4 is 0 Å². The lowest BCUT2D eigenvalue weighted by molar-refractivity contribution is 0.0757. The summed E-state index contributed by atoms with van der Waals surface area (Å²) in [4.78, 5) is 17.8. The number of carbonyl (C=O) groups is 1. The number of thiazole rings is 1. The highest BCUT2D eigenvalue weighted by Gasteiger charge is 2.32. The highest BCUT2D eigenvalue weighted by Crippen LogP contribution is 2.27. The van der Waals surface area contributed by atoms with Crippen molar-refractivity contribution in [3.8, 4) is 0 Å². The number of hydrogen-bond acceptors (Lipinski definition) is 3. The Labute approximate surface area is 87.1 Å². The summed E-state index contributed by atoms with van der Waals surface area (Å²) in [6.07, 6.45) is 4.00. The fraction of sp³-hybridized carbons (Fsp3) is 0.400. The summed E-state index contributed by atoms with van der Waals surface area (Å²) in [5, 5.41) is 1.79. The van der Waals surface area contributed by atoms with Crippen molar-refractivity contribution in [2.24, 2.45) is 0 Å². The average molecular weight is 208 g/mol. The molecule has 1 aliphatic rings. The van der Waals surface area contributed by atoms with Gasteiger partial charge in [-0.05, 0) is 12.8 Å². The smallest absolute Gasteiger partial charge is 0.273 e. The number of rotatable bonds is 4. The van der Waals surface area contributed by atoms with Crippen LogP contribution in [0.4, 0.5) is 0 Å². The van der Waals surface area contributed by atoms with Crippen molar-refractivity contribution >= 4 is 17.2 Å². The number of hydrogen-bond donors (Lipinski definition) is 0. The maximum absolute atomic E-state index is 11.9. The van der Waals surface area contributed by atoms with Crippen LogP contribution in [0.2, 0.25) is 0 Å². The SMILES string of the molecule is C=CCN(C(=O)c1cscn1)C1CC1. The molecule has 1 fully saturated rings. The number of aromatic nitrogens is 1. The molecule has 0 atom stereocenters. The third-order valence-corrected chi connectivity index (χ3v) is 2.81. The fourth-order valence-corrected chi connectivity index (χ4v) is 1.91. The van der Waals surface area contributed by atoms with E-state index in [9.17, 15) is 4.79 Å². The molecule has 1 saturated carbocycles. The number of nitrogens with zero attached hydrogens (tertiary/aromatic N) is 2. The molecule has 0 saturated heterocycles. The van der Waals surface area contributed by atoms with Crippen LogP contribution in [0.5, 0.6) is 0 Å². The zero-order valence-electron chi connectivity index (χ0n) is 7.85. The van der Waals surface area contributed by atoms with E-state index < -0.39 is 0 Å². The van der Waals surface area contributed by atoms with Crippen LogP contribution in [0.3, 0.4) is 0 Å². The lowest BCUT2D eigenvalue weighted by atomic mass is 10.3. The molecular formula is C10H12N2OS. The van der Waals surface area contributed by atoms with Crippen molar-refractivity contribution in [2.45, 2.75) is 18.9 Å². The molecule has 0 radical (unpaired) electrons. The summed E-state index contributed by atoms with van der Waals surface area (Å²) >= 11 is 1.45. The van der Waals surface area contributed by atoms with E-state index in [1.54, 1.807) is 17.0 Å². The van der Waals surface area contributed by atoms with Crippen molar-refractivity contribution in [2.75, 3.05) is 6.54 Å². The Morgan fingerprint density at radius 2 is 2.57 bits per heavy atom. The Kier molecular flexibility index (Phi) is 2.63. The van der Waals surface area contributed by atoms with Gasteiger partial charge in [0.15, 0.2) is 0 Å². The summed E-state index contributed by atoms with van der Waals surface area (Å²) in [5.41, 5.74) is 2.25. The largest absolute Gasteiger partial charge is 0.331 e. The van der Waals surface area contributed by atoms with Gasteiger partial charge in [-0.1, -0.05) is 6.08 Å². The van der Waals surface area contributed by atoms with Gasteiger partial charge in [0.05, 0.1) is 5.51 Å². The minimum Gasteiger partial charge on any atom is -0.331 e. The lowest BCUT2D eigenvalue weighted by Crippen LogP contribution is -2.33. The third kappa shape index (κ3) is 1.85. The van der Waals surface area contributed by atoms with Crippen molar-refractivity contribution in [1.29, 1.82) is 0 Å². The molecular weight excluding hydrogens is 196 g/mol. The second-order valence-corrected chi connectivity index (χ2v) is 4.07. The Balaban J connectivity index is 2.10. The second-order valence-electron chi connectivity index (χ2n) is 3.35. The number of amides is 1. The molecule has 3 nitrogen and oxygen atoms in total. The van der Waals surface area contributed by atoms with Crippen molar-refractivity contribution < 1.29 is 4.79 Å². The average Bonchev–Trinajstić information content (AvgIpc) is 2.88. The topological polar surface area (TPSA) is 33.2 Å². The normalized spacial score (nSPS) is 15.1. The van der Waals surface area contributed by atoms with Crippen molar-refractivity contribution in [3.63, 3.8) is 0 Å². The predicted molar refractivity (Wildman–Crippen MR) is 56.4 cm³/mol. The van der Waals surface area contributed by atoms with Crippen LogP contribution >= 0.6 is 11.3 Å². The minimum atomic E-state index is 0.0358. The number of carbonyl (C=O) groups excluding carboxylic acids is 1. The van der Waals surface area contributed by atoms with Gasteiger partial charge in [-0.25, -0.2) is 4.98 Å². The van der Waals surface area contributed by atoms with Gasteiger partial charge in [-0.3, -0.25) is 4.79 Å². The molecule has 2 rings (SSSR count). The molecule has 0 spiro atoms. The Hall–Kier alpha value is -1.16. The molecule has 0 N–H and O–H groups in total. The van der Waals surface area contributed by atoms with E-state index in [1.165, 1.54) is 11.3 Å². The maximum atomic E-state index is 11.9. The van der Waals surface area contributed by atoms with Crippen LogP contribution in [-0.4, -0.2) is 28.4 Å². The first-order valence-electron chi connectivity index (χ1n) is 4.63. The summed E-state index contributed by atoms with van der Waals surface area (Å²) in [7, 11) is 0. The first-order valence-corrected chi connectivity index (χ1v) is 5.57. The molecule has 0 aromatic carbocycles. The summed E-state index contributed by atoms with van der Waals surface area (Å²) < 4.78 is 0. The van der Waals surface area contributed by atoms with E-state index in [2.05, 4.69) is 11.6 Å². The van der Waals surface area contributed by atoms with Crippen molar-refractivity contribution in [1.82, 2.24) is 9.88 Å². The van der Waals surface area contributed by atoms with Gasteiger partial charge in [-0.2, -0.15) is 0 Å².